The largest absolute Gasteiger partial charge is 0.355 e. The molecule has 0 spiro atoms. The van der Waals surface area contributed by atoms with Crippen molar-refractivity contribution in [1.82, 2.24) is 25.1 Å². The van der Waals surface area contributed by atoms with Gasteiger partial charge < -0.3 is 10.2 Å². The molecule has 0 radical (unpaired) electrons. The van der Waals surface area contributed by atoms with Crippen LogP contribution in [0.25, 0.3) is 5.65 Å². The molecule has 0 bridgehead atoms. The van der Waals surface area contributed by atoms with Gasteiger partial charge in [-0.2, -0.15) is 4.52 Å². The monoisotopic (exact) mass is 350 g/mol. The van der Waals surface area contributed by atoms with Crippen LogP contribution in [0.1, 0.15) is 18.4 Å². The molecule has 0 aliphatic carbocycles. The minimum atomic E-state index is -0.00191. The Kier molecular flexibility index (Phi) is 4.77. The number of aromatic nitrogens is 4. The van der Waals surface area contributed by atoms with Gasteiger partial charge in [0.25, 0.3) is 0 Å². The Hall–Kier alpha value is -2.96. The summed E-state index contributed by atoms with van der Waals surface area (Å²) in [6.07, 6.45) is 4.35. The van der Waals surface area contributed by atoms with Crippen LogP contribution in [0.15, 0.2) is 48.8 Å². The van der Waals surface area contributed by atoms with Crippen LogP contribution in [0.3, 0.4) is 0 Å². The molecule has 7 heteroatoms. The van der Waals surface area contributed by atoms with E-state index in [4.69, 9.17) is 0 Å². The highest BCUT2D eigenvalue weighted by atomic mass is 16.1. The second kappa shape index (κ2) is 7.51. The van der Waals surface area contributed by atoms with Crippen molar-refractivity contribution in [2.45, 2.75) is 19.3 Å². The van der Waals surface area contributed by atoms with Crippen LogP contribution in [0.5, 0.6) is 0 Å². The molecule has 7 nitrogen and oxygen atoms in total. The van der Waals surface area contributed by atoms with Crippen LogP contribution in [-0.2, 0) is 11.2 Å². The van der Waals surface area contributed by atoms with E-state index in [1.807, 2.05) is 30.3 Å². The Bertz CT molecular complexity index is 878. The molecule has 1 aromatic carbocycles. The van der Waals surface area contributed by atoms with Gasteiger partial charge in [0, 0.05) is 19.6 Å². The molecule has 3 aromatic rings. The van der Waals surface area contributed by atoms with Crippen molar-refractivity contribution in [3.8, 4) is 0 Å². The third-order valence-corrected chi connectivity index (χ3v) is 4.82. The van der Waals surface area contributed by atoms with E-state index in [9.17, 15) is 4.79 Å². The number of benzene rings is 1. The van der Waals surface area contributed by atoms with Gasteiger partial charge in [0.2, 0.25) is 5.91 Å². The molecule has 1 atom stereocenters. The average Bonchev–Trinajstić information content (AvgIpc) is 3.16. The van der Waals surface area contributed by atoms with Gasteiger partial charge in [-0.3, -0.25) is 4.79 Å². The summed E-state index contributed by atoms with van der Waals surface area (Å²) in [5.74, 6) is 0.994. The summed E-state index contributed by atoms with van der Waals surface area (Å²) >= 11 is 0. The van der Waals surface area contributed by atoms with Gasteiger partial charge >= 0.3 is 0 Å². The number of nitrogens with one attached hydrogen (secondary N) is 1. The summed E-state index contributed by atoms with van der Waals surface area (Å²) in [5, 5.41) is 15.5. The second-order valence-electron chi connectivity index (χ2n) is 6.64. The van der Waals surface area contributed by atoms with Crippen LogP contribution in [0.2, 0.25) is 0 Å². The molecule has 2 aromatic heterocycles. The highest BCUT2D eigenvalue weighted by molar-refractivity contribution is 5.79. The number of anilines is 1. The normalized spacial score (nSPS) is 17.4. The van der Waals surface area contributed by atoms with Crippen LogP contribution >= 0.6 is 0 Å². The summed E-state index contributed by atoms with van der Waals surface area (Å²) in [6, 6.07) is 14.1. The first kappa shape index (κ1) is 16.5. The quantitative estimate of drug-likeness (QED) is 0.758. The van der Waals surface area contributed by atoms with E-state index in [2.05, 4.69) is 37.6 Å². The maximum absolute atomic E-state index is 12.6. The Balaban J connectivity index is 1.34. The van der Waals surface area contributed by atoms with Crippen molar-refractivity contribution in [3.63, 3.8) is 0 Å². The number of hydrogen-bond acceptors (Lipinski definition) is 5. The molecular weight excluding hydrogens is 328 g/mol. The highest BCUT2D eigenvalue weighted by Gasteiger charge is 2.26. The fourth-order valence-corrected chi connectivity index (χ4v) is 3.41. The number of hydrogen-bond donors (Lipinski definition) is 1. The third kappa shape index (κ3) is 3.66. The van der Waals surface area contributed by atoms with Crippen LogP contribution < -0.4 is 10.2 Å². The average molecular weight is 350 g/mol. The summed E-state index contributed by atoms with van der Waals surface area (Å²) in [6.45, 7) is 2.27. The maximum Gasteiger partial charge on any atom is 0.224 e. The van der Waals surface area contributed by atoms with Gasteiger partial charge in [-0.1, -0.05) is 30.3 Å². The van der Waals surface area contributed by atoms with Crippen LogP contribution in [-0.4, -0.2) is 45.4 Å². The van der Waals surface area contributed by atoms with E-state index in [0.29, 0.717) is 13.1 Å². The molecule has 0 unspecified atom stereocenters. The summed E-state index contributed by atoms with van der Waals surface area (Å²) in [7, 11) is 0. The van der Waals surface area contributed by atoms with Crippen molar-refractivity contribution < 1.29 is 4.79 Å². The van der Waals surface area contributed by atoms with E-state index in [1.165, 1.54) is 5.56 Å². The first-order chi connectivity index (χ1) is 12.8. The molecule has 1 aliphatic rings. The van der Waals surface area contributed by atoms with Gasteiger partial charge in [0.15, 0.2) is 5.65 Å². The molecule has 1 aliphatic heterocycles. The molecule has 1 fully saturated rings. The predicted molar refractivity (Wildman–Crippen MR) is 98.9 cm³/mol. The first-order valence-corrected chi connectivity index (χ1v) is 9.03. The second-order valence-corrected chi connectivity index (χ2v) is 6.64. The lowest BCUT2D eigenvalue weighted by Gasteiger charge is -2.32. The van der Waals surface area contributed by atoms with Crippen LogP contribution in [0, 0.1) is 5.92 Å². The molecule has 4 rings (SSSR count). The lowest BCUT2D eigenvalue weighted by Crippen LogP contribution is -2.43. The lowest BCUT2D eigenvalue weighted by molar-refractivity contribution is -0.125. The van der Waals surface area contributed by atoms with Crippen molar-refractivity contribution in [2.75, 3.05) is 24.5 Å². The maximum atomic E-state index is 12.6. The fourth-order valence-electron chi connectivity index (χ4n) is 3.41. The summed E-state index contributed by atoms with van der Waals surface area (Å²) in [4.78, 5) is 14.7. The van der Waals surface area contributed by atoms with Crippen LogP contribution in [0.4, 0.5) is 5.82 Å². The molecule has 1 amide bonds. The standard InChI is InChI=1S/C19H22N6O/c26-19(20-11-10-15-5-2-1-3-6-15)16-7-4-12-24(13-16)18-9-8-17-22-21-14-25(17)23-18/h1-3,5-6,8-9,14,16H,4,7,10-13H2,(H,20,26)/t16-/m0/s1. The van der Waals surface area contributed by atoms with Crippen molar-refractivity contribution >= 4 is 17.4 Å². The van der Waals surface area contributed by atoms with Gasteiger partial charge in [-0.15, -0.1) is 15.3 Å². The number of rotatable bonds is 5. The zero-order chi connectivity index (χ0) is 17.8. The summed E-state index contributed by atoms with van der Waals surface area (Å²) < 4.78 is 1.67. The van der Waals surface area contributed by atoms with E-state index in [-0.39, 0.29) is 11.8 Å². The number of carbonyl (C=O) groups excluding carboxylic acids is 1. The molecule has 26 heavy (non-hydrogen) atoms. The predicted octanol–water partition coefficient (Wildman–Crippen LogP) is 1.70. The van der Waals surface area contributed by atoms with Crippen molar-refractivity contribution in [1.29, 1.82) is 0 Å². The molecular formula is C19H22N6O. The Morgan fingerprint density at radius 3 is 2.96 bits per heavy atom. The molecule has 3 heterocycles. The number of piperidine rings is 1. The Morgan fingerprint density at radius 2 is 2.08 bits per heavy atom. The zero-order valence-corrected chi connectivity index (χ0v) is 14.6. The molecule has 0 saturated carbocycles. The van der Waals surface area contributed by atoms with E-state index in [1.54, 1.807) is 10.8 Å². The zero-order valence-electron chi connectivity index (χ0n) is 14.6. The lowest BCUT2D eigenvalue weighted by atomic mass is 9.97. The minimum absolute atomic E-state index is 0.00191. The Labute approximate surface area is 152 Å². The van der Waals surface area contributed by atoms with Gasteiger partial charge in [0.05, 0.1) is 5.92 Å². The smallest absolute Gasteiger partial charge is 0.224 e. The SMILES string of the molecule is O=C(NCCc1ccccc1)[C@H]1CCCN(c2ccc3nncn3n2)C1. The fraction of sp³-hybridized carbons (Fsp3) is 0.368. The van der Waals surface area contributed by atoms with Crippen molar-refractivity contribution in [2.24, 2.45) is 5.92 Å². The molecule has 1 saturated heterocycles. The van der Waals surface area contributed by atoms with Gasteiger partial charge in [-0.05, 0) is 37.0 Å². The summed E-state index contributed by atoms with van der Waals surface area (Å²) in [5.41, 5.74) is 1.96. The van der Waals surface area contributed by atoms with Crippen molar-refractivity contribution in [3.05, 3.63) is 54.4 Å². The number of nitrogens with zero attached hydrogens (tertiary/aromatic N) is 5. The molecule has 1 N–H and O–H groups in total. The van der Waals surface area contributed by atoms with Gasteiger partial charge in [-0.25, -0.2) is 0 Å². The number of amides is 1. The van der Waals surface area contributed by atoms with Gasteiger partial charge in [0.1, 0.15) is 12.1 Å². The highest BCUT2D eigenvalue weighted by Crippen LogP contribution is 2.21. The van der Waals surface area contributed by atoms with E-state index < -0.39 is 0 Å². The Morgan fingerprint density at radius 1 is 1.19 bits per heavy atom. The minimum Gasteiger partial charge on any atom is -0.355 e. The topological polar surface area (TPSA) is 75.4 Å². The molecule has 134 valence electrons. The van der Waals surface area contributed by atoms with E-state index in [0.717, 1.165) is 37.3 Å². The first-order valence-electron chi connectivity index (χ1n) is 9.03. The number of fused-ring (bicyclic) bond motifs is 1. The number of carbonyl (C=O) groups is 1. The third-order valence-electron chi connectivity index (χ3n) is 4.82. The van der Waals surface area contributed by atoms with E-state index >= 15 is 0 Å².